The topological polar surface area (TPSA) is 83.8 Å². The number of aliphatic hydroxyl groups is 1. The summed E-state index contributed by atoms with van der Waals surface area (Å²) in [6.45, 7) is 1.93. The van der Waals surface area contributed by atoms with Gasteiger partial charge in [0.05, 0.1) is 0 Å². The number of carbonyl (C=O) groups is 1. The molecule has 0 fully saturated rings. The summed E-state index contributed by atoms with van der Waals surface area (Å²) in [5.41, 5.74) is 0. The van der Waals surface area contributed by atoms with E-state index in [9.17, 15) is 9.90 Å². The number of carboxylic acids is 1. The van der Waals surface area contributed by atoms with Gasteiger partial charge in [-0.25, -0.2) is 4.79 Å². The molecule has 0 bridgehead atoms. The summed E-state index contributed by atoms with van der Waals surface area (Å²) in [5, 5.41) is 18.6. The fourth-order valence-corrected chi connectivity index (χ4v) is 1.49. The van der Waals surface area contributed by atoms with Gasteiger partial charge in [-0.2, -0.15) is 0 Å². The highest BCUT2D eigenvalue weighted by molar-refractivity contribution is 5.84. The van der Waals surface area contributed by atoms with E-state index in [1.54, 1.807) is 12.1 Å². The third-order valence-electron chi connectivity index (χ3n) is 2.41. The standard InChI is InChI=1S/C12H12O5/c1-2-7-3-4-8(16-7)11(13)9-5-6-10(17-9)12(14)15/h3-6,11,13H,2H2,1H3,(H,14,15). The van der Waals surface area contributed by atoms with Crippen LogP contribution in [-0.2, 0) is 6.42 Å². The maximum absolute atomic E-state index is 10.6. The first-order chi connectivity index (χ1) is 8.11. The number of furan rings is 2. The summed E-state index contributed by atoms with van der Waals surface area (Å²) in [6.07, 6.45) is -0.353. The number of carboxylic acid groups (broad SMARTS) is 1. The fourth-order valence-electron chi connectivity index (χ4n) is 1.49. The minimum Gasteiger partial charge on any atom is -0.475 e. The van der Waals surface area contributed by atoms with Crippen LogP contribution < -0.4 is 0 Å². The van der Waals surface area contributed by atoms with Crippen molar-refractivity contribution in [3.63, 3.8) is 0 Å². The lowest BCUT2D eigenvalue weighted by Crippen LogP contribution is -1.97. The van der Waals surface area contributed by atoms with Gasteiger partial charge in [0.1, 0.15) is 17.3 Å². The SMILES string of the molecule is CCc1ccc(C(O)c2ccc(C(=O)O)o2)o1. The minimum absolute atomic E-state index is 0.152. The second kappa shape index (κ2) is 4.47. The molecule has 0 spiro atoms. The van der Waals surface area contributed by atoms with Gasteiger partial charge in [0.2, 0.25) is 5.76 Å². The average Bonchev–Trinajstić information content (AvgIpc) is 2.97. The number of rotatable bonds is 4. The molecule has 17 heavy (non-hydrogen) atoms. The summed E-state index contributed by atoms with van der Waals surface area (Å²) >= 11 is 0. The Balaban J connectivity index is 2.23. The highest BCUT2D eigenvalue weighted by Gasteiger charge is 2.20. The van der Waals surface area contributed by atoms with E-state index in [-0.39, 0.29) is 11.5 Å². The fraction of sp³-hybridized carbons (Fsp3) is 0.250. The van der Waals surface area contributed by atoms with Gasteiger partial charge in [-0.3, -0.25) is 0 Å². The number of aliphatic hydroxyl groups excluding tert-OH is 1. The van der Waals surface area contributed by atoms with Crippen LogP contribution in [0.15, 0.2) is 33.1 Å². The molecule has 0 aromatic carbocycles. The molecule has 0 amide bonds. The molecule has 1 atom stereocenters. The quantitative estimate of drug-likeness (QED) is 0.850. The molecule has 0 saturated heterocycles. The van der Waals surface area contributed by atoms with Crippen molar-refractivity contribution in [1.82, 2.24) is 0 Å². The summed E-state index contributed by atoms with van der Waals surface area (Å²) < 4.78 is 10.4. The van der Waals surface area contributed by atoms with Gasteiger partial charge in [0.15, 0.2) is 6.10 Å². The molecule has 90 valence electrons. The van der Waals surface area contributed by atoms with Crippen LogP contribution in [0.5, 0.6) is 0 Å². The maximum atomic E-state index is 10.6. The lowest BCUT2D eigenvalue weighted by atomic mass is 10.2. The highest BCUT2D eigenvalue weighted by Crippen LogP contribution is 2.25. The number of hydrogen-bond acceptors (Lipinski definition) is 4. The normalized spacial score (nSPS) is 12.6. The summed E-state index contributed by atoms with van der Waals surface area (Å²) in [7, 11) is 0. The first kappa shape index (κ1) is 11.5. The smallest absolute Gasteiger partial charge is 0.371 e. The van der Waals surface area contributed by atoms with E-state index in [0.29, 0.717) is 5.76 Å². The molecule has 2 N–H and O–H groups in total. The van der Waals surface area contributed by atoms with Gasteiger partial charge in [-0.05, 0) is 24.3 Å². The molecular formula is C12H12O5. The Morgan fingerprint density at radius 1 is 1.24 bits per heavy atom. The molecule has 0 aliphatic heterocycles. The number of hydrogen-bond donors (Lipinski definition) is 2. The molecule has 0 aliphatic carbocycles. The Morgan fingerprint density at radius 2 is 1.88 bits per heavy atom. The van der Waals surface area contributed by atoms with Crippen LogP contribution in [0, 0.1) is 0 Å². The van der Waals surface area contributed by atoms with E-state index in [0.717, 1.165) is 12.2 Å². The van der Waals surface area contributed by atoms with Crippen molar-refractivity contribution in [2.75, 3.05) is 0 Å². The molecule has 5 nitrogen and oxygen atoms in total. The van der Waals surface area contributed by atoms with E-state index in [4.69, 9.17) is 13.9 Å². The van der Waals surface area contributed by atoms with Gasteiger partial charge in [0, 0.05) is 6.42 Å². The molecule has 0 saturated carbocycles. The Labute approximate surface area is 97.3 Å². The van der Waals surface area contributed by atoms with E-state index in [1.165, 1.54) is 12.1 Å². The van der Waals surface area contributed by atoms with Gasteiger partial charge in [0.25, 0.3) is 0 Å². The van der Waals surface area contributed by atoms with Gasteiger partial charge in [-0.15, -0.1) is 0 Å². The van der Waals surface area contributed by atoms with Gasteiger partial charge >= 0.3 is 5.97 Å². The van der Waals surface area contributed by atoms with Crippen molar-refractivity contribution >= 4 is 5.97 Å². The van der Waals surface area contributed by atoms with E-state index in [1.807, 2.05) is 6.92 Å². The molecule has 2 aromatic rings. The van der Waals surface area contributed by atoms with Crippen molar-refractivity contribution < 1.29 is 23.8 Å². The van der Waals surface area contributed by atoms with Crippen LogP contribution in [-0.4, -0.2) is 16.2 Å². The Morgan fingerprint density at radius 3 is 2.41 bits per heavy atom. The van der Waals surface area contributed by atoms with Crippen LogP contribution in [0.25, 0.3) is 0 Å². The lowest BCUT2D eigenvalue weighted by Gasteiger charge is -2.03. The second-order valence-corrected chi connectivity index (χ2v) is 3.57. The molecule has 2 heterocycles. The Bertz CT molecular complexity index is 522. The van der Waals surface area contributed by atoms with Crippen LogP contribution in [0.1, 0.15) is 40.9 Å². The summed E-state index contributed by atoms with van der Waals surface area (Å²) in [6, 6.07) is 6.12. The van der Waals surface area contributed by atoms with Gasteiger partial charge in [-0.1, -0.05) is 6.92 Å². The third kappa shape index (κ3) is 2.24. The molecule has 2 aromatic heterocycles. The predicted octanol–water partition coefficient (Wildman–Crippen LogP) is 2.21. The zero-order chi connectivity index (χ0) is 12.4. The minimum atomic E-state index is -1.17. The summed E-state index contributed by atoms with van der Waals surface area (Å²) in [4.78, 5) is 10.6. The second-order valence-electron chi connectivity index (χ2n) is 3.57. The molecule has 0 radical (unpaired) electrons. The molecule has 5 heteroatoms. The van der Waals surface area contributed by atoms with Crippen molar-refractivity contribution in [3.05, 3.63) is 47.3 Å². The highest BCUT2D eigenvalue weighted by atomic mass is 16.4. The zero-order valence-corrected chi connectivity index (χ0v) is 9.21. The van der Waals surface area contributed by atoms with E-state index >= 15 is 0 Å². The van der Waals surface area contributed by atoms with Crippen molar-refractivity contribution in [1.29, 1.82) is 0 Å². The number of aromatic carboxylic acids is 1. The van der Waals surface area contributed by atoms with Crippen LogP contribution in [0.2, 0.25) is 0 Å². The monoisotopic (exact) mass is 236 g/mol. The average molecular weight is 236 g/mol. The Hall–Kier alpha value is -2.01. The van der Waals surface area contributed by atoms with Crippen LogP contribution in [0.3, 0.4) is 0 Å². The number of aryl methyl sites for hydroxylation is 1. The first-order valence-electron chi connectivity index (χ1n) is 5.21. The van der Waals surface area contributed by atoms with Gasteiger partial charge < -0.3 is 19.0 Å². The summed E-state index contributed by atoms with van der Waals surface area (Å²) in [5.74, 6) is -0.130. The lowest BCUT2D eigenvalue weighted by molar-refractivity contribution is 0.0653. The van der Waals surface area contributed by atoms with Crippen molar-refractivity contribution in [2.45, 2.75) is 19.4 Å². The largest absolute Gasteiger partial charge is 0.475 e. The molecular weight excluding hydrogens is 224 g/mol. The van der Waals surface area contributed by atoms with Crippen LogP contribution in [0.4, 0.5) is 0 Å². The molecule has 1 unspecified atom stereocenters. The zero-order valence-electron chi connectivity index (χ0n) is 9.21. The maximum Gasteiger partial charge on any atom is 0.371 e. The van der Waals surface area contributed by atoms with Crippen molar-refractivity contribution in [2.24, 2.45) is 0 Å². The van der Waals surface area contributed by atoms with E-state index in [2.05, 4.69) is 0 Å². The van der Waals surface area contributed by atoms with E-state index < -0.39 is 12.1 Å². The first-order valence-corrected chi connectivity index (χ1v) is 5.21. The third-order valence-corrected chi connectivity index (χ3v) is 2.41. The predicted molar refractivity (Wildman–Crippen MR) is 57.8 cm³/mol. The van der Waals surface area contributed by atoms with Crippen molar-refractivity contribution in [3.8, 4) is 0 Å². The molecule has 0 aliphatic rings. The Kier molecular flexibility index (Phi) is 3.01. The molecule has 2 rings (SSSR count). The van der Waals surface area contributed by atoms with Crippen LogP contribution >= 0.6 is 0 Å².